The first-order chi connectivity index (χ1) is 9.63. The number of carboxylic acid groups (broad SMARTS) is 1. The molecule has 0 aromatic heterocycles. The van der Waals surface area contributed by atoms with Gasteiger partial charge in [-0.25, -0.2) is 4.79 Å². The van der Waals surface area contributed by atoms with Crippen LogP contribution in [0.5, 0.6) is 5.75 Å². The number of nitrogens with zero attached hydrogens (tertiary/aromatic N) is 1. The van der Waals surface area contributed by atoms with Crippen LogP contribution in [0.25, 0.3) is 0 Å². The summed E-state index contributed by atoms with van der Waals surface area (Å²) in [4.78, 5) is 23.9. The quantitative estimate of drug-likeness (QED) is 0.817. The lowest BCUT2D eigenvalue weighted by molar-refractivity contribution is -0.139. The van der Waals surface area contributed by atoms with Crippen LogP contribution in [0.1, 0.15) is 11.6 Å². The zero-order chi connectivity index (χ0) is 14.5. The number of carbonyl (C=O) groups excluding carboxylic acids is 1. The molecule has 1 unspecified atom stereocenters. The molecule has 102 valence electrons. The molecule has 0 fully saturated rings. The molecule has 20 heavy (non-hydrogen) atoms. The van der Waals surface area contributed by atoms with E-state index in [4.69, 9.17) is 0 Å². The van der Waals surface area contributed by atoms with Gasteiger partial charge in [0.2, 0.25) is 6.41 Å². The van der Waals surface area contributed by atoms with Crippen LogP contribution in [-0.2, 0) is 9.59 Å². The number of rotatable bonds is 5. The van der Waals surface area contributed by atoms with Crippen molar-refractivity contribution in [2.45, 2.75) is 6.04 Å². The number of phenols is 1. The van der Waals surface area contributed by atoms with E-state index in [1.54, 1.807) is 30.3 Å². The molecule has 5 nitrogen and oxygen atoms in total. The van der Waals surface area contributed by atoms with Crippen molar-refractivity contribution < 1.29 is 19.8 Å². The first-order valence-corrected chi connectivity index (χ1v) is 5.94. The van der Waals surface area contributed by atoms with Crippen molar-refractivity contribution in [3.8, 4) is 5.75 Å². The summed E-state index contributed by atoms with van der Waals surface area (Å²) in [7, 11) is 0. The van der Waals surface area contributed by atoms with Crippen molar-refractivity contribution in [1.29, 1.82) is 0 Å². The lowest BCUT2D eigenvalue weighted by atomic mass is 10.1. The molecule has 0 aliphatic heterocycles. The van der Waals surface area contributed by atoms with E-state index in [1.165, 1.54) is 24.3 Å². The minimum Gasteiger partial charge on any atom is -0.508 e. The zero-order valence-corrected chi connectivity index (χ0v) is 10.5. The SMILES string of the molecule is O=CN(c1ccc(O)cc1)C(C(=O)O)c1ccccc1. The fourth-order valence-corrected chi connectivity index (χ4v) is 1.95. The Hall–Kier alpha value is -2.82. The van der Waals surface area contributed by atoms with E-state index in [2.05, 4.69) is 0 Å². The van der Waals surface area contributed by atoms with Gasteiger partial charge in [-0.05, 0) is 29.8 Å². The summed E-state index contributed by atoms with van der Waals surface area (Å²) in [6, 6.07) is 13.2. The molecule has 2 N–H and O–H groups in total. The molecule has 0 bridgehead atoms. The summed E-state index contributed by atoms with van der Waals surface area (Å²) in [6.45, 7) is 0. The Kier molecular flexibility index (Phi) is 4.00. The summed E-state index contributed by atoms with van der Waals surface area (Å²) < 4.78 is 0. The Labute approximate surface area is 115 Å². The minimum atomic E-state index is -1.13. The predicted octanol–water partition coefficient (Wildman–Crippen LogP) is 2.18. The van der Waals surface area contributed by atoms with E-state index in [0.29, 0.717) is 17.7 Å². The van der Waals surface area contributed by atoms with E-state index >= 15 is 0 Å². The molecule has 2 rings (SSSR count). The first-order valence-electron chi connectivity index (χ1n) is 5.94. The molecule has 0 radical (unpaired) electrons. The molecule has 0 aliphatic rings. The van der Waals surface area contributed by atoms with Gasteiger partial charge >= 0.3 is 5.97 Å². The summed E-state index contributed by atoms with van der Waals surface area (Å²) in [6.07, 6.45) is 0.470. The van der Waals surface area contributed by atoms with Crippen LogP contribution in [0.2, 0.25) is 0 Å². The molecule has 2 aromatic rings. The highest BCUT2D eigenvalue weighted by Crippen LogP contribution is 2.27. The van der Waals surface area contributed by atoms with Crippen molar-refractivity contribution in [3.05, 3.63) is 60.2 Å². The Morgan fingerprint density at radius 3 is 2.15 bits per heavy atom. The van der Waals surface area contributed by atoms with E-state index in [9.17, 15) is 19.8 Å². The van der Waals surface area contributed by atoms with Gasteiger partial charge in [0.05, 0.1) is 0 Å². The summed E-state index contributed by atoms with van der Waals surface area (Å²) in [5, 5.41) is 18.6. The molecule has 2 aromatic carbocycles. The third-order valence-electron chi connectivity index (χ3n) is 2.89. The van der Waals surface area contributed by atoms with Gasteiger partial charge in [0.1, 0.15) is 5.75 Å². The number of anilines is 1. The number of phenolic OH excluding ortho intramolecular Hbond substituents is 1. The average molecular weight is 271 g/mol. The number of benzene rings is 2. The normalized spacial score (nSPS) is 11.6. The molecule has 1 amide bonds. The molecule has 5 heteroatoms. The van der Waals surface area contributed by atoms with E-state index < -0.39 is 12.0 Å². The third kappa shape index (κ3) is 2.77. The summed E-state index contributed by atoms with van der Waals surface area (Å²) in [5.41, 5.74) is 0.897. The maximum atomic E-state index is 11.5. The minimum absolute atomic E-state index is 0.0474. The third-order valence-corrected chi connectivity index (χ3v) is 2.89. The van der Waals surface area contributed by atoms with Gasteiger partial charge in [-0.3, -0.25) is 9.69 Å². The van der Waals surface area contributed by atoms with Crippen molar-refractivity contribution in [2.75, 3.05) is 4.90 Å². The molecule has 0 heterocycles. The Bertz CT molecular complexity index is 595. The van der Waals surface area contributed by atoms with Crippen molar-refractivity contribution >= 4 is 18.1 Å². The number of amides is 1. The summed E-state index contributed by atoms with van der Waals surface area (Å²) >= 11 is 0. The van der Waals surface area contributed by atoms with Gasteiger partial charge in [-0.2, -0.15) is 0 Å². The Morgan fingerprint density at radius 2 is 1.65 bits per heavy atom. The van der Waals surface area contributed by atoms with E-state index in [-0.39, 0.29) is 5.75 Å². The zero-order valence-electron chi connectivity index (χ0n) is 10.5. The number of hydrogen-bond donors (Lipinski definition) is 2. The second-order valence-electron chi connectivity index (χ2n) is 4.18. The maximum Gasteiger partial charge on any atom is 0.331 e. The van der Waals surface area contributed by atoms with E-state index in [0.717, 1.165) is 4.90 Å². The molecule has 0 saturated carbocycles. The highest BCUT2D eigenvalue weighted by Gasteiger charge is 2.27. The lowest BCUT2D eigenvalue weighted by Gasteiger charge is -2.25. The Balaban J connectivity index is 2.43. The highest BCUT2D eigenvalue weighted by molar-refractivity contribution is 5.89. The van der Waals surface area contributed by atoms with Crippen LogP contribution in [0.4, 0.5) is 5.69 Å². The number of aromatic hydroxyl groups is 1. The highest BCUT2D eigenvalue weighted by atomic mass is 16.4. The van der Waals surface area contributed by atoms with Crippen molar-refractivity contribution in [2.24, 2.45) is 0 Å². The molecule has 1 atom stereocenters. The largest absolute Gasteiger partial charge is 0.508 e. The lowest BCUT2D eigenvalue weighted by Crippen LogP contribution is -2.33. The monoisotopic (exact) mass is 271 g/mol. The van der Waals surface area contributed by atoms with Gasteiger partial charge in [-0.15, -0.1) is 0 Å². The second-order valence-corrected chi connectivity index (χ2v) is 4.18. The molecule has 0 spiro atoms. The Morgan fingerprint density at radius 1 is 1.05 bits per heavy atom. The number of carbonyl (C=O) groups is 2. The topological polar surface area (TPSA) is 77.8 Å². The molecular weight excluding hydrogens is 258 g/mol. The van der Waals surface area contributed by atoms with Crippen LogP contribution >= 0.6 is 0 Å². The standard InChI is InChI=1S/C15H13NO4/c17-10-16(12-6-8-13(18)9-7-12)14(15(19)20)11-4-2-1-3-5-11/h1-10,14,18H,(H,19,20). The van der Waals surface area contributed by atoms with Gasteiger partial charge in [0, 0.05) is 5.69 Å². The van der Waals surface area contributed by atoms with Crippen molar-refractivity contribution in [1.82, 2.24) is 0 Å². The molecule has 0 aliphatic carbocycles. The van der Waals surface area contributed by atoms with E-state index in [1.807, 2.05) is 0 Å². The number of carboxylic acids is 1. The molecule has 0 saturated heterocycles. The fourth-order valence-electron chi connectivity index (χ4n) is 1.95. The smallest absolute Gasteiger partial charge is 0.331 e. The maximum absolute atomic E-state index is 11.5. The number of hydrogen-bond acceptors (Lipinski definition) is 3. The average Bonchev–Trinajstić information content (AvgIpc) is 2.46. The first kappa shape index (κ1) is 13.6. The van der Waals surface area contributed by atoms with Gasteiger partial charge < -0.3 is 10.2 Å². The second kappa shape index (κ2) is 5.88. The fraction of sp³-hybridized carbons (Fsp3) is 0.0667. The predicted molar refractivity (Wildman–Crippen MR) is 73.5 cm³/mol. The molecular formula is C15H13NO4. The van der Waals surface area contributed by atoms with Crippen LogP contribution in [0.15, 0.2) is 54.6 Å². The summed E-state index contributed by atoms with van der Waals surface area (Å²) in [5.74, 6) is -1.08. The van der Waals surface area contributed by atoms with Gasteiger partial charge in [0.25, 0.3) is 0 Å². The van der Waals surface area contributed by atoms with Crippen LogP contribution < -0.4 is 4.90 Å². The number of aliphatic carboxylic acids is 1. The van der Waals surface area contributed by atoms with Crippen LogP contribution in [0, 0.1) is 0 Å². The van der Waals surface area contributed by atoms with Crippen molar-refractivity contribution in [3.63, 3.8) is 0 Å². The van der Waals surface area contributed by atoms with Crippen LogP contribution in [0.3, 0.4) is 0 Å². The van der Waals surface area contributed by atoms with Gasteiger partial charge in [-0.1, -0.05) is 30.3 Å². The van der Waals surface area contributed by atoms with Gasteiger partial charge in [0.15, 0.2) is 6.04 Å². The van der Waals surface area contributed by atoms with Crippen LogP contribution in [-0.4, -0.2) is 22.6 Å².